The number of carboxylic acids is 1. The lowest BCUT2D eigenvalue weighted by Crippen LogP contribution is -2.45. The van der Waals surface area contributed by atoms with Gasteiger partial charge in [-0.05, 0) is 22.3 Å². The second-order valence-corrected chi connectivity index (χ2v) is 7.69. The van der Waals surface area contributed by atoms with Crippen molar-refractivity contribution in [3.63, 3.8) is 0 Å². The van der Waals surface area contributed by atoms with Gasteiger partial charge in [0.05, 0.1) is 6.54 Å². The first-order chi connectivity index (χ1) is 16.6. The Hall–Kier alpha value is -4.09. The summed E-state index contributed by atoms with van der Waals surface area (Å²) in [4.78, 5) is 46.1. The Morgan fingerprint density at radius 1 is 0.857 bits per heavy atom. The zero-order valence-corrected chi connectivity index (χ0v) is 18.2. The number of alkyl halides is 3. The molecule has 0 fully saturated rings. The number of carbonyl (C=O) groups is 4. The van der Waals surface area contributed by atoms with Crippen molar-refractivity contribution in [3.05, 3.63) is 59.7 Å². The molecule has 1 aliphatic rings. The minimum atomic E-state index is -5.03. The largest absolute Gasteiger partial charge is 0.481 e. The molecule has 3 rings (SSSR count). The number of aliphatic carboxylic acids is 1. The maximum absolute atomic E-state index is 12.6. The van der Waals surface area contributed by atoms with Gasteiger partial charge in [-0.15, -0.1) is 0 Å². The second-order valence-electron chi connectivity index (χ2n) is 7.69. The van der Waals surface area contributed by atoms with Crippen LogP contribution in [0, 0.1) is 5.92 Å². The average molecular weight is 493 g/mol. The summed E-state index contributed by atoms with van der Waals surface area (Å²) in [6.45, 7) is -2.38. The summed E-state index contributed by atoms with van der Waals surface area (Å²) in [6, 6.07) is 15.5. The smallest absolute Gasteiger partial charge is 0.407 e. The number of hydrogen-bond donors (Lipinski definition) is 4. The van der Waals surface area contributed by atoms with E-state index in [0.717, 1.165) is 22.3 Å². The van der Waals surface area contributed by atoms with Gasteiger partial charge in [0.1, 0.15) is 13.2 Å². The molecule has 0 saturated heterocycles. The van der Waals surface area contributed by atoms with Crippen LogP contribution in [0.4, 0.5) is 18.0 Å². The van der Waals surface area contributed by atoms with Gasteiger partial charge in [0.2, 0.25) is 11.8 Å². The molecule has 2 aromatic carbocycles. The van der Waals surface area contributed by atoms with E-state index in [4.69, 9.17) is 9.84 Å². The quantitative estimate of drug-likeness (QED) is 0.422. The number of hydrogen-bond acceptors (Lipinski definition) is 5. The first-order valence-corrected chi connectivity index (χ1v) is 10.5. The Morgan fingerprint density at radius 2 is 1.37 bits per heavy atom. The van der Waals surface area contributed by atoms with Gasteiger partial charge in [-0.2, -0.15) is 13.2 Å². The molecule has 0 aromatic heterocycles. The molecule has 0 saturated carbocycles. The summed E-state index contributed by atoms with van der Waals surface area (Å²) in [6.07, 6.45) is -5.89. The lowest BCUT2D eigenvalue weighted by Gasteiger charge is -2.16. The lowest BCUT2D eigenvalue weighted by atomic mass is 9.98. The number of ether oxygens (including phenoxy) is 1. The van der Waals surface area contributed by atoms with E-state index < -0.39 is 55.6 Å². The average Bonchev–Trinajstić information content (AvgIpc) is 3.13. The van der Waals surface area contributed by atoms with E-state index in [9.17, 15) is 32.3 Å². The third-order valence-electron chi connectivity index (χ3n) is 5.38. The number of nitrogens with one attached hydrogen (secondary N) is 3. The highest BCUT2D eigenvalue weighted by molar-refractivity contribution is 5.87. The van der Waals surface area contributed by atoms with E-state index in [2.05, 4.69) is 10.6 Å². The van der Waals surface area contributed by atoms with E-state index in [1.807, 2.05) is 48.5 Å². The Kier molecular flexibility index (Phi) is 7.94. The molecule has 186 valence electrons. The monoisotopic (exact) mass is 493 g/mol. The number of halogens is 3. The van der Waals surface area contributed by atoms with Crippen LogP contribution in [0.2, 0.25) is 0 Å². The molecule has 2 aromatic rings. The normalized spacial score (nSPS) is 13.2. The molecular formula is C23H22F3N3O6. The van der Waals surface area contributed by atoms with Crippen molar-refractivity contribution in [2.45, 2.75) is 12.1 Å². The van der Waals surface area contributed by atoms with Gasteiger partial charge in [0.25, 0.3) is 0 Å². The van der Waals surface area contributed by atoms with Crippen molar-refractivity contribution in [3.8, 4) is 11.1 Å². The van der Waals surface area contributed by atoms with Crippen LogP contribution in [0.15, 0.2) is 48.5 Å². The summed E-state index contributed by atoms with van der Waals surface area (Å²) < 4.78 is 43.0. The molecule has 1 unspecified atom stereocenters. The van der Waals surface area contributed by atoms with E-state index >= 15 is 0 Å². The Balaban J connectivity index is 1.40. The predicted octanol–water partition coefficient (Wildman–Crippen LogP) is 2.02. The third-order valence-corrected chi connectivity index (χ3v) is 5.38. The van der Waals surface area contributed by atoms with E-state index in [0.29, 0.717) is 0 Å². The summed E-state index contributed by atoms with van der Waals surface area (Å²) >= 11 is 0. The van der Waals surface area contributed by atoms with Crippen molar-refractivity contribution in [1.82, 2.24) is 16.0 Å². The summed E-state index contributed by atoms with van der Waals surface area (Å²) in [5.74, 6) is -6.88. The van der Waals surface area contributed by atoms with Gasteiger partial charge in [-0.1, -0.05) is 48.5 Å². The third kappa shape index (κ3) is 6.49. The van der Waals surface area contributed by atoms with Gasteiger partial charge >= 0.3 is 18.2 Å². The van der Waals surface area contributed by atoms with Gasteiger partial charge < -0.3 is 25.8 Å². The van der Waals surface area contributed by atoms with E-state index in [1.165, 1.54) is 0 Å². The molecule has 35 heavy (non-hydrogen) atoms. The van der Waals surface area contributed by atoms with Crippen LogP contribution in [-0.2, 0) is 19.1 Å². The molecular weight excluding hydrogens is 471 g/mol. The first-order valence-electron chi connectivity index (χ1n) is 10.5. The maximum atomic E-state index is 12.6. The molecule has 12 heteroatoms. The highest BCUT2D eigenvalue weighted by Gasteiger charge is 2.45. The first kappa shape index (κ1) is 25.5. The standard InChI is InChI=1S/C23H22F3N3O6/c24-23(25,26)18(21(32)33)9-27-19(30)10-28-20(31)11-29-22(34)35-12-17-15-7-3-1-5-13(15)14-6-2-4-8-16(14)17/h1-8,17-18H,9-12H2,(H,27,30)(H,28,31)(H,29,34)(H,32,33). The van der Waals surface area contributed by atoms with Crippen molar-refractivity contribution < 1.29 is 42.2 Å². The number of amides is 3. The minimum absolute atomic E-state index is 0.0355. The van der Waals surface area contributed by atoms with Crippen LogP contribution < -0.4 is 16.0 Å². The van der Waals surface area contributed by atoms with Gasteiger partial charge in [-0.25, -0.2) is 4.79 Å². The van der Waals surface area contributed by atoms with Crippen LogP contribution in [0.1, 0.15) is 17.0 Å². The molecule has 0 radical (unpaired) electrons. The lowest BCUT2D eigenvalue weighted by molar-refractivity contribution is -0.192. The fourth-order valence-corrected chi connectivity index (χ4v) is 3.66. The number of alkyl carbamates (subject to hydrolysis) is 1. The number of rotatable bonds is 9. The van der Waals surface area contributed by atoms with Crippen LogP contribution in [0.3, 0.4) is 0 Å². The molecule has 0 bridgehead atoms. The van der Waals surface area contributed by atoms with Crippen molar-refractivity contribution in [1.29, 1.82) is 0 Å². The van der Waals surface area contributed by atoms with Crippen molar-refractivity contribution in [2.24, 2.45) is 5.92 Å². The highest BCUT2D eigenvalue weighted by Crippen LogP contribution is 2.44. The molecule has 9 nitrogen and oxygen atoms in total. The zero-order chi connectivity index (χ0) is 25.6. The number of fused-ring (bicyclic) bond motifs is 3. The highest BCUT2D eigenvalue weighted by atomic mass is 19.4. The molecule has 1 aliphatic carbocycles. The van der Waals surface area contributed by atoms with E-state index in [-0.39, 0.29) is 12.5 Å². The van der Waals surface area contributed by atoms with Gasteiger partial charge in [0, 0.05) is 12.5 Å². The number of carbonyl (C=O) groups excluding carboxylic acids is 3. The van der Waals surface area contributed by atoms with Crippen LogP contribution >= 0.6 is 0 Å². The summed E-state index contributed by atoms with van der Waals surface area (Å²) in [5, 5.41) is 14.7. The Labute approximate surface area is 197 Å². The molecule has 4 N–H and O–H groups in total. The molecule has 1 atom stereocenters. The SMILES string of the molecule is O=C(CNC(=O)CNC(=O)OCC1c2ccccc2-c2ccccc21)NCC(C(=O)O)C(F)(F)F. The molecule has 0 heterocycles. The minimum Gasteiger partial charge on any atom is -0.481 e. The summed E-state index contributed by atoms with van der Waals surface area (Å²) in [5.41, 5.74) is 4.14. The summed E-state index contributed by atoms with van der Waals surface area (Å²) in [7, 11) is 0. The zero-order valence-electron chi connectivity index (χ0n) is 18.2. The van der Waals surface area contributed by atoms with Crippen LogP contribution in [0.5, 0.6) is 0 Å². The fraction of sp³-hybridized carbons (Fsp3) is 0.304. The molecule has 3 amide bonds. The Bertz CT molecular complexity index is 1080. The Morgan fingerprint density at radius 3 is 1.91 bits per heavy atom. The van der Waals surface area contributed by atoms with Crippen LogP contribution in [-0.4, -0.2) is 61.4 Å². The van der Waals surface area contributed by atoms with Crippen molar-refractivity contribution >= 4 is 23.9 Å². The van der Waals surface area contributed by atoms with E-state index in [1.54, 1.807) is 5.32 Å². The van der Waals surface area contributed by atoms with Gasteiger partial charge in [-0.3, -0.25) is 14.4 Å². The fourth-order valence-electron chi connectivity index (χ4n) is 3.66. The van der Waals surface area contributed by atoms with Gasteiger partial charge in [0.15, 0.2) is 5.92 Å². The predicted molar refractivity (Wildman–Crippen MR) is 116 cm³/mol. The van der Waals surface area contributed by atoms with Crippen LogP contribution in [0.25, 0.3) is 11.1 Å². The number of carboxylic acid groups (broad SMARTS) is 1. The number of benzene rings is 2. The topological polar surface area (TPSA) is 134 Å². The maximum Gasteiger partial charge on any atom is 0.407 e. The second kappa shape index (κ2) is 10.9. The van der Waals surface area contributed by atoms with Crippen molar-refractivity contribution in [2.75, 3.05) is 26.2 Å². The molecule has 0 spiro atoms. The molecule has 0 aliphatic heterocycles.